The van der Waals surface area contributed by atoms with E-state index >= 15 is 0 Å². The van der Waals surface area contributed by atoms with Crippen molar-refractivity contribution in [1.82, 2.24) is 9.88 Å². The quantitative estimate of drug-likeness (QED) is 0.621. The maximum atomic E-state index is 11.0. The van der Waals surface area contributed by atoms with E-state index in [0.29, 0.717) is 0 Å². The number of nitroso groups, excluding NO2 is 1. The van der Waals surface area contributed by atoms with Gasteiger partial charge in [0.2, 0.25) is 0 Å². The van der Waals surface area contributed by atoms with Crippen LogP contribution >= 0.6 is 0 Å². The molecule has 1 aromatic carbocycles. The topological polar surface area (TPSA) is 58.7 Å². The smallest absolute Gasteiger partial charge is 0.142 e. The molecule has 4 rings (SSSR count). The SMILES string of the molecule is CN(C)Cc1cc(-c2ccncc2)c(-c2ccc3c(c2)CCC3N=O)o1. The summed E-state index contributed by atoms with van der Waals surface area (Å²) in [5.41, 5.74) is 5.42. The zero-order chi connectivity index (χ0) is 18.1. The lowest BCUT2D eigenvalue weighted by atomic mass is 9.99. The molecule has 0 bridgehead atoms. The van der Waals surface area contributed by atoms with Gasteiger partial charge >= 0.3 is 0 Å². The van der Waals surface area contributed by atoms with Crippen LogP contribution < -0.4 is 0 Å². The van der Waals surface area contributed by atoms with Crippen LogP contribution in [0.5, 0.6) is 0 Å². The Kier molecular flexibility index (Phi) is 4.39. The Labute approximate surface area is 152 Å². The van der Waals surface area contributed by atoms with Crippen LogP contribution in [0.1, 0.15) is 29.3 Å². The van der Waals surface area contributed by atoms with Gasteiger partial charge in [-0.15, -0.1) is 0 Å². The van der Waals surface area contributed by atoms with E-state index in [1.807, 2.05) is 38.4 Å². The van der Waals surface area contributed by atoms with Crippen molar-refractivity contribution in [3.63, 3.8) is 0 Å². The van der Waals surface area contributed by atoms with Crippen LogP contribution in [0.25, 0.3) is 22.5 Å². The Morgan fingerprint density at radius 1 is 1.15 bits per heavy atom. The summed E-state index contributed by atoms with van der Waals surface area (Å²) >= 11 is 0. The molecule has 3 aromatic rings. The Bertz CT molecular complexity index is 932. The van der Waals surface area contributed by atoms with Gasteiger partial charge in [-0.25, -0.2) is 0 Å². The summed E-state index contributed by atoms with van der Waals surface area (Å²) in [5, 5.41) is 3.25. The summed E-state index contributed by atoms with van der Waals surface area (Å²) < 4.78 is 6.23. The first-order chi connectivity index (χ1) is 12.7. The Morgan fingerprint density at radius 2 is 1.96 bits per heavy atom. The number of hydrogen-bond donors (Lipinski definition) is 0. The second-order valence-corrected chi connectivity index (χ2v) is 7.00. The highest BCUT2D eigenvalue weighted by molar-refractivity contribution is 5.80. The van der Waals surface area contributed by atoms with E-state index < -0.39 is 0 Å². The Morgan fingerprint density at radius 3 is 2.69 bits per heavy atom. The van der Waals surface area contributed by atoms with Crippen molar-refractivity contribution in [2.75, 3.05) is 14.1 Å². The van der Waals surface area contributed by atoms with Gasteiger partial charge in [0.05, 0.1) is 6.54 Å². The standard InChI is InChI=1S/C21H21N3O2/c1-24(2)13-17-12-19(14-7-9-22-10-8-14)21(26-17)16-3-5-18-15(11-16)4-6-20(18)23-25/h3,5,7-12,20H,4,6,13H2,1-2H3. The second-order valence-electron chi connectivity index (χ2n) is 7.00. The van der Waals surface area contributed by atoms with E-state index in [1.54, 1.807) is 12.4 Å². The van der Waals surface area contributed by atoms with Gasteiger partial charge in [-0.2, -0.15) is 4.91 Å². The lowest BCUT2D eigenvalue weighted by molar-refractivity contribution is 0.353. The summed E-state index contributed by atoms with van der Waals surface area (Å²) in [6, 6.07) is 12.1. The van der Waals surface area contributed by atoms with Gasteiger partial charge in [0, 0.05) is 23.5 Å². The second kappa shape index (κ2) is 6.84. The molecule has 0 radical (unpaired) electrons. The molecule has 5 nitrogen and oxygen atoms in total. The van der Waals surface area contributed by atoms with Crippen molar-refractivity contribution in [2.45, 2.75) is 25.4 Å². The molecule has 1 atom stereocenters. The summed E-state index contributed by atoms with van der Waals surface area (Å²) in [4.78, 5) is 17.2. The van der Waals surface area contributed by atoms with Crippen molar-refractivity contribution >= 4 is 0 Å². The van der Waals surface area contributed by atoms with Crippen LogP contribution in [-0.4, -0.2) is 24.0 Å². The van der Waals surface area contributed by atoms with E-state index in [1.165, 1.54) is 5.56 Å². The molecule has 1 aliphatic rings. The van der Waals surface area contributed by atoms with Crippen LogP contribution in [0.2, 0.25) is 0 Å². The fraction of sp³-hybridized carbons (Fsp3) is 0.286. The number of nitrogens with zero attached hydrogens (tertiary/aromatic N) is 3. The molecule has 26 heavy (non-hydrogen) atoms. The number of fused-ring (bicyclic) bond motifs is 1. The predicted molar refractivity (Wildman–Crippen MR) is 102 cm³/mol. The van der Waals surface area contributed by atoms with Crippen LogP contribution in [0, 0.1) is 4.91 Å². The van der Waals surface area contributed by atoms with Gasteiger partial charge in [-0.1, -0.05) is 17.3 Å². The van der Waals surface area contributed by atoms with Gasteiger partial charge in [-0.3, -0.25) is 4.98 Å². The summed E-state index contributed by atoms with van der Waals surface area (Å²) in [5.74, 6) is 1.78. The number of aryl methyl sites for hydroxylation is 1. The molecule has 5 heteroatoms. The highest BCUT2D eigenvalue weighted by Gasteiger charge is 2.24. The van der Waals surface area contributed by atoms with Gasteiger partial charge in [-0.05, 0) is 67.9 Å². The summed E-state index contributed by atoms with van der Waals surface area (Å²) in [6.45, 7) is 0.736. The van der Waals surface area contributed by atoms with Crippen LogP contribution in [0.15, 0.2) is 58.4 Å². The van der Waals surface area contributed by atoms with Crippen molar-refractivity contribution < 1.29 is 4.42 Å². The number of pyridine rings is 1. The first-order valence-corrected chi connectivity index (χ1v) is 8.79. The lowest BCUT2D eigenvalue weighted by Crippen LogP contribution is -2.09. The third-order valence-corrected chi connectivity index (χ3v) is 4.83. The van der Waals surface area contributed by atoms with Crippen molar-refractivity contribution in [3.05, 3.63) is 70.6 Å². The highest BCUT2D eigenvalue weighted by atomic mass is 16.3. The van der Waals surface area contributed by atoms with Crippen LogP contribution in [-0.2, 0) is 13.0 Å². The minimum atomic E-state index is -0.209. The monoisotopic (exact) mass is 347 g/mol. The van der Waals surface area contributed by atoms with Crippen LogP contribution in [0.3, 0.4) is 0 Å². The third-order valence-electron chi connectivity index (χ3n) is 4.83. The zero-order valence-corrected chi connectivity index (χ0v) is 15.0. The van der Waals surface area contributed by atoms with E-state index in [0.717, 1.165) is 53.2 Å². The van der Waals surface area contributed by atoms with E-state index in [4.69, 9.17) is 4.42 Å². The minimum Gasteiger partial charge on any atom is -0.459 e. The normalized spacial score (nSPS) is 16.0. The molecule has 0 aliphatic heterocycles. The molecule has 1 aliphatic carbocycles. The number of aromatic nitrogens is 1. The Hall–Kier alpha value is -2.79. The first kappa shape index (κ1) is 16.7. The van der Waals surface area contributed by atoms with Gasteiger partial charge < -0.3 is 9.32 Å². The van der Waals surface area contributed by atoms with Gasteiger partial charge in [0.1, 0.15) is 17.6 Å². The molecule has 2 aromatic heterocycles. The fourth-order valence-corrected chi connectivity index (χ4v) is 3.64. The molecular weight excluding hydrogens is 326 g/mol. The largest absolute Gasteiger partial charge is 0.459 e. The molecular formula is C21H21N3O2. The molecule has 1 unspecified atom stereocenters. The summed E-state index contributed by atoms with van der Waals surface area (Å²) in [7, 11) is 4.05. The van der Waals surface area contributed by atoms with Crippen molar-refractivity contribution in [2.24, 2.45) is 5.18 Å². The fourth-order valence-electron chi connectivity index (χ4n) is 3.64. The number of benzene rings is 1. The van der Waals surface area contributed by atoms with Gasteiger partial charge in [0.15, 0.2) is 0 Å². The maximum Gasteiger partial charge on any atom is 0.142 e. The molecule has 0 saturated carbocycles. The van der Waals surface area contributed by atoms with E-state index in [-0.39, 0.29) is 6.04 Å². The molecule has 0 fully saturated rings. The molecule has 0 amide bonds. The third kappa shape index (κ3) is 3.06. The predicted octanol–water partition coefficient (Wildman–Crippen LogP) is 4.82. The summed E-state index contributed by atoms with van der Waals surface area (Å²) in [6.07, 6.45) is 5.26. The average molecular weight is 347 g/mol. The van der Waals surface area contributed by atoms with Crippen LogP contribution in [0.4, 0.5) is 0 Å². The first-order valence-electron chi connectivity index (χ1n) is 8.79. The van der Waals surface area contributed by atoms with Gasteiger partial charge in [0.25, 0.3) is 0 Å². The zero-order valence-electron chi connectivity index (χ0n) is 15.0. The molecule has 0 N–H and O–H groups in total. The van der Waals surface area contributed by atoms with Crippen molar-refractivity contribution in [1.29, 1.82) is 0 Å². The Balaban J connectivity index is 1.80. The molecule has 0 spiro atoms. The lowest BCUT2D eigenvalue weighted by Gasteiger charge is -2.07. The number of rotatable bonds is 5. The molecule has 132 valence electrons. The van der Waals surface area contributed by atoms with E-state index in [9.17, 15) is 4.91 Å². The maximum absolute atomic E-state index is 11.0. The number of furan rings is 1. The average Bonchev–Trinajstić information content (AvgIpc) is 3.25. The highest BCUT2D eigenvalue weighted by Crippen LogP contribution is 2.40. The molecule has 2 heterocycles. The number of hydrogen-bond acceptors (Lipinski definition) is 5. The van der Waals surface area contributed by atoms with Crippen molar-refractivity contribution in [3.8, 4) is 22.5 Å². The molecule has 0 saturated heterocycles. The van der Waals surface area contributed by atoms with E-state index in [2.05, 4.69) is 27.2 Å². The minimum absolute atomic E-state index is 0.209.